The molecule has 3 nitrogen and oxygen atoms in total. The van der Waals surface area contributed by atoms with Crippen molar-refractivity contribution >= 4 is 11.3 Å². The van der Waals surface area contributed by atoms with Gasteiger partial charge in [-0.05, 0) is 31.2 Å². The molecule has 1 aromatic heterocycles. The minimum absolute atomic E-state index is 0.330. The van der Waals surface area contributed by atoms with Gasteiger partial charge in [-0.15, -0.1) is 11.3 Å². The highest BCUT2D eigenvalue weighted by Crippen LogP contribution is 2.29. The molecule has 0 spiro atoms. The molecule has 1 saturated carbocycles. The number of hydrogen-bond donors (Lipinski definition) is 1. The van der Waals surface area contributed by atoms with E-state index in [1.807, 2.05) is 17.5 Å². The Morgan fingerprint density at radius 2 is 2.20 bits per heavy atom. The van der Waals surface area contributed by atoms with Gasteiger partial charge in [0.1, 0.15) is 0 Å². The molecule has 4 heteroatoms. The van der Waals surface area contributed by atoms with E-state index in [4.69, 9.17) is 0 Å². The molecule has 1 aliphatic carbocycles. The quantitative estimate of drug-likeness (QED) is 0.786. The van der Waals surface area contributed by atoms with E-state index >= 15 is 0 Å². The van der Waals surface area contributed by atoms with Crippen molar-refractivity contribution in [3.05, 3.63) is 22.4 Å². The molecular formula is C11H16N2OS. The molecule has 0 amide bonds. The Morgan fingerprint density at radius 1 is 1.47 bits per heavy atom. The number of hydrogen-bond acceptors (Lipinski definition) is 4. The van der Waals surface area contributed by atoms with E-state index in [-0.39, 0.29) is 0 Å². The van der Waals surface area contributed by atoms with Crippen LogP contribution in [0, 0.1) is 0 Å². The first kappa shape index (κ1) is 10.8. The Kier molecular flexibility index (Phi) is 3.17. The Bertz CT molecular complexity index is 326. The number of azo groups is 1. The summed E-state index contributed by atoms with van der Waals surface area (Å²) in [5, 5.41) is 20.3. The predicted octanol–water partition coefficient (Wildman–Crippen LogP) is 3.31. The fourth-order valence-corrected chi connectivity index (χ4v) is 2.54. The largest absolute Gasteiger partial charge is 0.364 e. The molecule has 1 atom stereocenters. The first-order chi connectivity index (χ1) is 7.18. The normalized spacial score (nSPS) is 22.3. The van der Waals surface area contributed by atoms with Crippen LogP contribution in [-0.2, 0) is 5.72 Å². The SMILES string of the molecule is CC(O)(N=NC1CCCC1)c1cccs1. The van der Waals surface area contributed by atoms with Gasteiger partial charge < -0.3 is 5.11 Å². The maximum absolute atomic E-state index is 10.1. The van der Waals surface area contributed by atoms with Gasteiger partial charge in [0.2, 0.25) is 5.72 Å². The molecule has 1 aromatic rings. The van der Waals surface area contributed by atoms with Gasteiger partial charge in [0, 0.05) is 0 Å². The summed E-state index contributed by atoms with van der Waals surface area (Å²) in [5.41, 5.74) is -1.14. The summed E-state index contributed by atoms with van der Waals surface area (Å²) in [6.07, 6.45) is 4.71. The fourth-order valence-electron chi connectivity index (χ4n) is 1.81. The lowest BCUT2D eigenvalue weighted by Gasteiger charge is -2.15. The van der Waals surface area contributed by atoms with E-state index < -0.39 is 5.72 Å². The van der Waals surface area contributed by atoms with Crippen LogP contribution in [0.2, 0.25) is 0 Å². The topological polar surface area (TPSA) is 45.0 Å². The van der Waals surface area contributed by atoms with Crippen molar-refractivity contribution in [1.82, 2.24) is 0 Å². The summed E-state index contributed by atoms with van der Waals surface area (Å²) >= 11 is 1.51. The molecular weight excluding hydrogens is 208 g/mol. The molecule has 1 heterocycles. The van der Waals surface area contributed by atoms with Crippen LogP contribution in [-0.4, -0.2) is 11.1 Å². The first-order valence-electron chi connectivity index (χ1n) is 5.37. The molecule has 0 radical (unpaired) electrons. The maximum atomic E-state index is 10.1. The highest BCUT2D eigenvalue weighted by molar-refractivity contribution is 7.10. The number of thiophene rings is 1. The standard InChI is InChI=1S/C11H16N2OS/c1-11(14,10-7-4-8-15-10)13-12-9-5-2-3-6-9/h4,7-9,14H,2-3,5-6H2,1H3. The zero-order valence-electron chi connectivity index (χ0n) is 8.89. The predicted molar refractivity (Wildman–Crippen MR) is 61.0 cm³/mol. The van der Waals surface area contributed by atoms with Crippen molar-refractivity contribution in [3.8, 4) is 0 Å². The van der Waals surface area contributed by atoms with Gasteiger partial charge in [-0.1, -0.05) is 18.9 Å². The number of nitrogens with zero attached hydrogens (tertiary/aromatic N) is 2. The Labute approximate surface area is 93.9 Å². The van der Waals surface area contributed by atoms with Crippen molar-refractivity contribution in [1.29, 1.82) is 0 Å². The lowest BCUT2D eigenvalue weighted by atomic mass is 10.2. The second kappa shape index (κ2) is 4.41. The van der Waals surface area contributed by atoms with E-state index in [1.54, 1.807) is 6.92 Å². The van der Waals surface area contributed by atoms with Gasteiger partial charge in [0.15, 0.2) is 0 Å². The summed E-state index contributed by atoms with van der Waals surface area (Å²) in [6, 6.07) is 4.13. The molecule has 0 bridgehead atoms. The fraction of sp³-hybridized carbons (Fsp3) is 0.636. The van der Waals surface area contributed by atoms with Crippen molar-refractivity contribution in [2.45, 2.75) is 44.4 Å². The third-order valence-electron chi connectivity index (χ3n) is 2.73. The molecule has 1 fully saturated rings. The van der Waals surface area contributed by atoms with Crippen LogP contribution < -0.4 is 0 Å². The maximum Gasteiger partial charge on any atom is 0.208 e. The average Bonchev–Trinajstić information content (AvgIpc) is 2.88. The van der Waals surface area contributed by atoms with Gasteiger partial charge in [-0.3, -0.25) is 0 Å². The highest BCUT2D eigenvalue weighted by Gasteiger charge is 2.24. The van der Waals surface area contributed by atoms with Crippen LogP contribution in [0.25, 0.3) is 0 Å². The summed E-state index contributed by atoms with van der Waals surface area (Å²) < 4.78 is 0. The van der Waals surface area contributed by atoms with Crippen LogP contribution >= 0.6 is 11.3 Å². The molecule has 0 aliphatic heterocycles. The summed E-state index contributed by atoms with van der Waals surface area (Å²) in [7, 11) is 0. The lowest BCUT2D eigenvalue weighted by molar-refractivity contribution is 0.0610. The van der Waals surface area contributed by atoms with Crippen LogP contribution in [0.1, 0.15) is 37.5 Å². The highest BCUT2D eigenvalue weighted by atomic mass is 32.1. The van der Waals surface area contributed by atoms with Crippen LogP contribution in [0.5, 0.6) is 0 Å². The summed E-state index contributed by atoms with van der Waals surface area (Å²) in [4.78, 5) is 0.851. The van der Waals surface area contributed by atoms with Crippen molar-refractivity contribution in [2.75, 3.05) is 0 Å². The zero-order chi connectivity index (χ0) is 10.7. The van der Waals surface area contributed by atoms with E-state index in [0.29, 0.717) is 6.04 Å². The minimum Gasteiger partial charge on any atom is -0.364 e. The van der Waals surface area contributed by atoms with Gasteiger partial charge >= 0.3 is 0 Å². The molecule has 0 saturated heterocycles. The molecule has 2 rings (SSSR count). The average molecular weight is 224 g/mol. The summed E-state index contributed by atoms with van der Waals surface area (Å²) in [5.74, 6) is 0. The Hall–Kier alpha value is -0.740. The number of aliphatic hydroxyl groups is 1. The van der Waals surface area contributed by atoms with Gasteiger partial charge in [0.05, 0.1) is 10.9 Å². The molecule has 1 aliphatic rings. The van der Waals surface area contributed by atoms with Crippen LogP contribution in [0.15, 0.2) is 27.7 Å². The Balaban J connectivity index is 2.03. The van der Waals surface area contributed by atoms with Gasteiger partial charge in [-0.25, -0.2) is 0 Å². The molecule has 15 heavy (non-hydrogen) atoms. The van der Waals surface area contributed by atoms with E-state index in [0.717, 1.165) is 17.7 Å². The molecule has 82 valence electrons. The number of rotatable bonds is 3. The van der Waals surface area contributed by atoms with Crippen molar-refractivity contribution in [3.63, 3.8) is 0 Å². The molecule has 1 unspecified atom stereocenters. The third-order valence-corrected chi connectivity index (χ3v) is 3.80. The minimum atomic E-state index is -1.14. The van der Waals surface area contributed by atoms with Gasteiger partial charge in [0.25, 0.3) is 0 Å². The lowest BCUT2D eigenvalue weighted by Crippen LogP contribution is -2.16. The van der Waals surface area contributed by atoms with Crippen LogP contribution in [0.3, 0.4) is 0 Å². The third kappa shape index (κ3) is 2.63. The smallest absolute Gasteiger partial charge is 0.208 e. The first-order valence-corrected chi connectivity index (χ1v) is 6.25. The van der Waals surface area contributed by atoms with Crippen molar-refractivity contribution < 1.29 is 5.11 Å². The van der Waals surface area contributed by atoms with E-state index in [9.17, 15) is 5.11 Å². The van der Waals surface area contributed by atoms with E-state index in [2.05, 4.69) is 10.2 Å². The van der Waals surface area contributed by atoms with Gasteiger partial charge in [-0.2, -0.15) is 10.2 Å². The zero-order valence-corrected chi connectivity index (χ0v) is 9.70. The second-order valence-corrected chi connectivity index (χ2v) is 5.10. The molecule has 0 aromatic carbocycles. The van der Waals surface area contributed by atoms with Crippen molar-refractivity contribution in [2.24, 2.45) is 10.2 Å². The van der Waals surface area contributed by atoms with E-state index in [1.165, 1.54) is 24.2 Å². The second-order valence-electron chi connectivity index (χ2n) is 4.15. The monoisotopic (exact) mass is 224 g/mol. The van der Waals surface area contributed by atoms with Crippen LogP contribution in [0.4, 0.5) is 0 Å². The molecule has 1 N–H and O–H groups in total. The Morgan fingerprint density at radius 3 is 2.80 bits per heavy atom. The summed E-state index contributed by atoms with van der Waals surface area (Å²) in [6.45, 7) is 1.69.